The molecule has 2 aromatic carbocycles. The number of carbonyl (C=O) groups excluding carboxylic acids is 2. The number of methoxy groups -OCH3 is 1. The Balaban J connectivity index is 1.66. The summed E-state index contributed by atoms with van der Waals surface area (Å²) in [5.41, 5.74) is 4.62. The zero-order valence-corrected chi connectivity index (χ0v) is 27.0. The number of allylic oxidation sites excluding steroid dienone is 4. The predicted octanol–water partition coefficient (Wildman–Crippen LogP) is 8.11. The maximum Gasteiger partial charge on any atom is 0.174 e. The highest BCUT2D eigenvalue weighted by atomic mass is 127. The van der Waals surface area contributed by atoms with Crippen molar-refractivity contribution in [3.8, 4) is 11.5 Å². The number of halogens is 2. The van der Waals surface area contributed by atoms with E-state index in [1.807, 2.05) is 12.1 Å². The van der Waals surface area contributed by atoms with Gasteiger partial charge in [0.05, 0.1) is 10.7 Å². The van der Waals surface area contributed by atoms with Crippen molar-refractivity contribution in [3.05, 3.63) is 79.5 Å². The second-order valence-corrected chi connectivity index (χ2v) is 14.3. The van der Waals surface area contributed by atoms with Gasteiger partial charge in [0.15, 0.2) is 23.1 Å². The fraction of sp³-hybridized carbons (Fsp3) is 0.471. The van der Waals surface area contributed by atoms with Crippen LogP contribution in [0.2, 0.25) is 0 Å². The highest BCUT2D eigenvalue weighted by Crippen LogP contribution is 2.55. The molecular weight excluding hydrogens is 632 g/mol. The number of Topliss-reactive ketones (excluding diaryl/α,β-unsaturated/α-hetero) is 2. The molecule has 0 unspecified atom stereocenters. The smallest absolute Gasteiger partial charge is 0.174 e. The lowest BCUT2D eigenvalue weighted by Crippen LogP contribution is -2.44. The van der Waals surface area contributed by atoms with E-state index in [9.17, 15) is 14.0 Å². The van der Waals surface area contributed by atoms with Crippen molar-refractivity contribution in [2.45, 2.75) is 79.2 Å². The lowest BCUT2D eigenvalue weighted by Gasteiger charge is -2.49. The Labute approximate surface area is 256 Å². The first-order valence-corrected chi connectivity index (χ1v) is 15.5. The summed E-state index contributed by atoms with van der Waals surface area (Å²) in [6, 6.07) is 10.4. The van der Waals surface area contributed by atoms with E-state index >= 15 is 0 Å². The molecule has 218 valence electrons. The van der Waals surface area contributed by atoms with Gasteiger partial charge in [0.2, 0.25) is 0 Å². The number of carbonyl (C=O) groups is 2. The third-order valence-electron chi connectivity index (χ3n) is 8.38. The molecule has 1 heterocycles. The van der Waals surface area contributed by atoms with Gasteiger partial charge in [-0.15, -0.1) is 0 Å². The molecule has 0 saturated heterocycles. The van der Waals surface area contributed by atoms with E-state index in [0.717, 1.165) is 57.5 Å². The molecule has 5 nitrogen and oxygen atoms in total. The number of ketones is 2. The Morgan fingerprint density at radius 1 is 0.951 bits per heavy atom. The predicted molar refractivity (Wildman–Crippen MR) is 166 cm³/mol. The van der Waals surface area contributed by atoms with Crippen LogP contribution in [0.15, 0.2) is 58.9 Å². The van der Waals surface area contributed by atoms with Gasteiger partial charge in [0.25, 0.3) is 0 Å². The fourth-order valence-electron chi connectivity index (χ4n) is 6.69. The van der Waals surface area contributed by atoms with Gasteiger partial charge >= 0.3 is 0 Å². The van der Waals surface area contributed by atoms with E-state index in [1.165, 1.54) is 6.07 Å². The Hall–Kier alpha value is -2.68. The summed E-state index contributed by atoms with van der Waals surface area (Å²) in [6.07, 6.45) is 3.38. The van der Waals surface area contributed by atoms with E-state index < -0.39 is 5.92 Å². The van der Waals surface area contributed by atoms with Gasteiger partial charge < -0.3 is 14.4 Å². The van der Waals surface area contributed by atoms with Gasteiger partial charge in [-0.2, -0.15) is 0 Å². The maximum atomic E-state index is 14.3. The Bertz CT molecular complexity index is 1420. The first kappa shape index (κ1) is 29.8. The standard InChI is InChI=1S/C34H39FINO4/c1-7-12-37-24-15-33(2,3)17-26(38)30(24)29(31-25(37)16-34(4,5)18-27(31)39)21-13-23(36)32(28(14-21)40-6)41-19-20-10-8-9-11-22(20)35/h8-11,13-14,29H,7,12,15-19H2,1-6H3. The average Bonchev–Trinajstić information content (AvgIpc) is 2.88. The number of ether oxygens (including phenoxy) is 2. The average molecular weight is 672 g/mol. The monoisotopic (exact) mass is 671 g/mol. The van der Waals surface area contributed by atoms with Crippen LogP contribution in [0.4, 0.5) is 4.39 Å². The molecule has 0 saturated carbocycles. The Morgan fingerprint density at radius 3 is 2.07 bits per heavy atom. The normalized spacial score (nSPS) is 20.2. The van der Waals surface area contributed by atoms with Crippen molar-refractivity contribution in [3.63, 3.8) is 0 Å². The van der Waals surface area contributed by atoms with E-state index in [0.29, 0.717) is 29.9 Å². The third-order valence-corrected chi connectivity index (χ3v) is 9.19. The molecule has 7 heteroatoms. The van der Waals surface area contributed by atoms with Crippen molar-refractivity contribution >= 4 is 34.2 Å². The van der Waals surface area contributed by atoms with Crippen LogP contribution in [0.25, 0.3) is 0 Å². The quantitative estimate of drug-likeness (QED) is 0.279. The molecule has 0 N–H and O–H groups in total. The van der Waals surface area contributed by atoms with Gasteiger partial charge in [0, 0.05) is 53.4 Å². The summed E-state index contributed by atoms with van der Waals surface area (Å²) < 4.78 is 26.9. The minimum absolute atomic E-state index is 0.0551. The Morgan fingerprint density at radius 2 is 1.54 bits per heavy atom. The van der Waals surface area contributed by atoms with Crippen molar-refractivity contribution in [2.75, 3.05) is 13.7 Å². The van der Waals surface area contributed by atoms with Crippen molar-refractivity contribution in [2.24, 2.45) is 10.8 Å². The van der Waals surface area contributed by atoms with E-state index in [-0.39, 0.29) is 34.8 Å². The number of rotatable bonds is 7. The molecule has 0 spiro atoms. The number of hydrogen-bond donors (Lipinski definition) is 0. The molecule has 0 amide bonds. The lowest BCUT2D eigenvalue weighted by molar-refractivity contribution is -0.119. The molecule has 0 fully saturated rings. The summed E-state index contributed by atoms with van der Waals surface area (Å²) in [6.45, 7) is 11.6. The van der Waals surface area contributed by atoms with Crippen LogP contribution < -0.4 is 9.47 Å². The lowest BCUT2D eigenvalue weighted by atomic mass is 9.63. The molecule has 2 aliphatic carbocycles. The first-order chi connectivity index (χ1) is 19.4. The largest absolute Gasteiger partial charge is 0.493 e. The summed E-state index contributed by atoms with van der Waals surface area (Å²) >= 11 is 2.21. The molecule has 0 bridgehead atoms. The summed E-state index contributed by atoms with van der Waals surface area (Å²) in [4.78, 5) is 30.3. The highest BCUT2D eigenvalue weighted by Gasteiger charge is 2.49. The van der Waals surface area contributed by atoms with Gasteiger partial charge in [-0.25, -0.2) is 4.39 Å². The van der Waals surface area contributed by atoms with Crippen LogP contribution in [-0.2, 0) is 16.2 Å². The Kier molecular flexibility index (Phi) is 8.14. The summed E-state index contributed by atoms with van der Waals surface area (Å²) in [5, 5.41) is 0. The zero-order chi connectivity index (χ0) is 29.7. The maximum absolute atomic E-state index is 14.3. The molecule has 0 aromatic heterocycles. The van der Waals surface area contributed by atoms with Gasteiger partial charge in [0.1, 0.15) is 12.4 Å². The molecule has 1 aliphatic heterocycles. The first-order valence-electron chi connectivity index (χ1n) is 14.4. The highest BCUT2D eigenvalue weighted by molar-refractivity contribution is 14.1. The number of hydrogen-bond acceptors (Lipinski definition) is 5. The fourth-order valence-corrected chi connectivity index (χ4v) is 7.47. The van der Waals surface area contributed by atoms with Crippen LogP contribution in [0.1, 0.15) is 83.8 Å². The zero-order valence-electron chi connectivity index (χ0n) is 24.8. The second-order valence-electron chi connectivity index (χ2n) is 13.1. The van der Waals surface area contributed by atoms with Crippen LogP contribution in [0.3, 0.4) is 0 Å². The molecule has 3 aliphatic rings. The van der Waals surface area contributed by atoms with Crippen LogP contribution in [-0.4, -0.2) is 30.1 Å². The second kappa shape index (κ2) is 11.2. The molecule has 0 radical (unpaired) electrons. The minimum atomic E-state index is -0.455. The van der Waals surface area contributed by atoms with Gasteiger partial charge in [-0.1, -0.05) is 52.8 Å². The van der Waals surface area contributed by atoms with Crippen molar-refractivity contribution in [1.82, 2.24) is 4.90 Å². The van der Waals surface area contributed by atoms with Crippen LogP contribution in [0, 0.1) is 20.2 Å². The summed E-state index contributed by atoms with van der Waals surface area (Å²) in [5.74, 6) is 0.451. The van der Waals surface area contributed by atoms with E-state index in [1.54, 1.807) is 25.3 Å². The van der Waals surface area contributed by atoms with Gasteiger partial charge in [-0.05, 0) is 76.4 Å². The van der Waals surface area contributed by atoms with Crippen LogP contribution >= 0.6 is 22.6 Å². The SMILES string of the molecule is CCCN1C2=C(C(=O)CC(C)(C)C2)C(c2cc(I)c(OCc3ccccc3F)c(OC)c2)C2=C1CC(C)(C)CC2=O. The molecule has 2 aromatic rings. The molecule has 41 heavy (non-hydrogen) atoms. The number of benzene rings is 2. The molecule has 5 rings (SSSR count). The minimum Gasteiger partial charge on any atom is -0.493 e. The van der Waals surface area contributed by atoms with Crippen molar-refractivity contribution in [1.29, 1.82) is 0 Å². The molecule has 0 atom stereocenters. The summed E-state index contributed by atoms with van der Waals surface area (Å²) in [7, 11) is 1.58. The van der Waals surface area contributed by atoms with Crippen LogP contribution in [0.5, 0.6) is 11.5 Å². The van der Waals surface area contributed by atoms with Crippen molar-refractivity contribution < 1.29 is 23.5 Å². The third kappa shape index (κ3) is 5.71. The van der Waals surface area contributed by atoms with Gasteiger partial charge in [-0.3, -0.25) is 9.59 Å². The van der Waals surface area contributed by atoms with E-state index in [2.05, 4.69) is 62.1 Å². The number of nitrogens with zero attached hydrogens (tertiary/aromatic N) is 1. The molecular formula is C34H39FINO4. The topological polar surface area (TPSA) is 55.8 Å². The van der Waals surface area contributed by atoms with E-state index in [4.69, 9.17) is 9.47 Å².